The molecule has 0 saturated heterocycles. The highest BCUT2D eigenvalue weighted by Crippen LogP contribution is 2.26. The molecule has 2 aromatic rings. The largest absolute Gasteiger partial charge is 0.252 e. The van der Waals surface area contributed by atoms with Gasteiger partial charge in [-0.25, -0.2) is 0 Å². The van der Waals surface area contributed by atoms with Crippen molar-refractivity contribution >= 4 is 38.4 Å². The first kappa shape index (κ1) is 8.97. The quantitative estimate of drug-likeness (QED) is 0.695. The van der Waals surface area contributed by atoms with E-state index in [0.717, 1.165) is 26.1 Å². The Kier molecular flexibility index (Phi) is 2.26. The summed E-state index contributed by atoms with van der Waals surface area (Å²) in [5.41, 5.74) is 1.97. The van der Waals surface area contributed by atoms with E-state index in [2.05, 4.69) is 20.9 Å². The van der Waals surface area contributed by atoms with Crippen molar-refractivity contribution in [3.8, 4) is 0 Å². The molecule has 66 valence electrons. The first-order valence-corrected chi connectivity index (χ1v) is 5.06. The van der Waals surface area contributed by atoms with Gasteiger partial charge in [0.15, 0.2) is 0 Å². The predicted octanol–water partition coefficient (Wildman–Crippen LogP) is 3.96. The van der Waals surface area contributed by atoms with Gasteiger partial charge in [0.1, 0.15) is 0 Å². The summed E-state index contributed by atoms with van der Waals surface area (Å²) in [5, 5.41) is 1.79. The topological polar surface area (TPSA) is 12.9 Å². The molecule has 3 heteroatoms. The number of rotatable bonds is 0. The molecule has 0 spiro atoms. The van der Waals surface area contributed by atoms with Gasteiger partial charge in [-0.1, -0.05) is 17.7 Å². The third-order valence-electron chi connectivity index (χ3n) is 1.85. The number of halogens is 2. The molecule has 0 aliphatic carbocycles. The first-order chi connectivity index (χ1) is 6.16. The fraction of sp³-hybridized carbons (Fsp3) is 0.100. The number of fused-ring (bicyclic) bond motifs is 1. The molecule has 0 saturated carbocycles. The lowest BCUT2D eigenvalue weighted by Gasteiger charge is -2.01. The zero-order chi connectivity index (χ0) is 9.42. The number of hydrogen-bond donors (Lipinski definition) is 0. The summed E-state index contributed by atoms with van der Waals surface area (Å²) in [6, 6.07) is 7.77. The Morgan fingerprint density at radius 3 is 2.85 bits per heavy atom. The molecule has 0 radical (unpaired) electrons. The highest BCUT2D eigenvalue weighted by Gasteiger charge is 2.01. The number of nitrogens with zero attached hydrogens (tertiary/aromatic N) is 1. The number of aryl methyl sites for hydroxylation is 1. The van der Waals surface area contributed by atoms with Crippen LogP contribution in [-0.4, -0.2) is 4.98 Å². The van der Waals surface area contributed by atoms with Crippen LogP contribution in [0.2, 0.25) is 5.02 Å². The molecule has 0 bridgehead atoms. The van der Waals surface area contributed by atoms with Gasteiger partial charge in [0.25, 0.3) is 0 Å². The Labute approximate surface area is 89.9 Å². The van der Waals surface area contributed by atoms with Gasteiger partial charge in [0, 0.05) is 20.6 Å². The lowest BCUT2D eigenvalue weighted by molar-refractivity contribution is 1.25. The van der Waals surface area contributed by atoms with E-state index in [1.165, 1.54) is 0 Å². The minimum atomic E-state index is 0.727. The maximum absolute atomic E-state index is 5.91. The summed E-state index contributed by atoms with van der Waals surface area (Å²) in [6.07, 6.45) is 0. The average molecular weight is 257 g/mol. The molecule has 1 aromatic heterocycles. The van der Waals surface area contributed by atoms with Crippen LogP contribution in [0.5, 0.6) is 0 Å². The average Bonchev–Trinajstić information content (AvgIpc) is 2.06. The van der Waals surface area contributed by atoms with Crippen molar-refractivity contribution in [1.29, 1.82) is 0 Å². The second kappa shape index (κ2) is 3.28. The smallest absolute Gasteiger partial charge is 0.0848 e. The maximum atomic E-state index is 5.91. The maximum Gasteiger partial charge on any atom is 0.0848 e. The van der Waals surface area contributed by atoms with Crippen molar-refractivity contribution in [2.24, 2.45) is 0 Å². The second-order valence-corrected chi connectivity index (χ2v) is 4.20. The van der Waals surface area contributed by atoms with E-state index in [1.54, 1.807) is 0 Å². The van der Waals surface area contributed by atoms with Gasteiger partial charge in [0.05, 0.1) is 5.52 Å². The number of pyridine rings is 1. The third kappa shape index (κ3) is 1.69. The Hall–Kier alpha value is -0.600. The van der Waals surface area contributed by atoms with Crippen LogP contribution >= 0.6 is 27.5 Å². The summed E-state index contributed by atoms with van der Waals surface area (Å²) in [5.74, 6) is 0. The Morgan fingerprint density at radius 1 is 1.31 bits per heavy atom. The van der Waals surface area contributed by atoms with Crippen LogP contribution in [0.1, 0.15) is 5.69 Å². The molecule has 2 rings (SSSR count). The Balaban J connectivity index is 2.87. The molecule has 0 unspecified atom stereocenters. The molecule has 0 aliphatic rings. The normalized spacial score (nSPS) is 10.7. The van der Waals surface area contributed by atoms with Crippen LogP contribution in [0.25, 0.3) is 10.9 Å². The van der Waals surface area contributed by atoms with Gasteiger partial charge < -0.3 is 0 Å². The van der Waals surface area contributed by atoms with Crippen molar-refractivity contribution in [2.75, 3.05) is 0 Å². The highest BCUT2D eigenvalue weighted by atomic mass is 79.9. The van der Waals surface area contributed by atoms with Crippen LogP contribution in [0.3, 0.4) is 0 Å². The van der Waals surface area contributed by atoms with E-state index < -0.39 is 0 Å². The molecule has 1 heterocycles. The van der Waals surface area contributed by atoms with Gasteiger partial charge in [-0.2, -0.15) is 0 Å². The van der Waals surface area contributed by atoms with Crippen LogP contribution in [-0.2, 0) is 0 Å². The van der Waals surface area contributed by atoms with Crippen molar-refractivity contribution in [3.63, 3.8) is 0 Å². The lowest BCUT2D eigenvalue weighted by Crippen LogP contribution is -1.84. The van der Waals surface area contributed by atoms with E-state index >= 15 is 0 Å². The summed E-state index contributed by atoms with van der Waals surface area (Å²) < 4.78 is 0.943. The van der Waals surface area contributed by atoms with Gasteiger partial charge in [-0.05, 0) is 41.1 Å². The summed E-state index contributed by atoms with van der Waals surface area (Å²) >= 11 is 9.34. The number of aromatic nitrogens is 1. The Bertz CT molecular complexity index is 468. The monoisotopic (exact) mass is 255 g/mol. The van der Waals surface area contributed by atoms with Crippen molar-refractivity contribution in [2.45, 2.75) is 6.92 Å². The van der Waals surface area contributed by atoms with E-state index in [9.17, 15) is 0 Å². The molecule has 1 aromatic carbocycles. The number of benzene rings is 1. The molecule has 13 heavy (non-hydrogen) atoms. The third-order valence-corrected chi connectivity index (χ3v) is 2.67. The minimum absolute atomic E-state index is 0.727. The zero-order valence-corrected chi connectivity index (χ0v) is 9.35. The van der Waals surface area contributed by atoms with Crippen LogP contribution in [0.4, 0.5) is 0 Å². The van der Waals surface area contributed by atoms with Crippen LogP contribution < -0.4 is 0 Å². The van der Waals surface area contributed by atoms with Gasteiger partial charge in [-0.3, -0.25) is 4.98 Å². The molecule has 0 aliphatic heterocycles. The van der Waals surface area contributed by atoms with Crippen molar-refractivity contribution < 1.29 is 0 Å². The molecule has 0 atom stereocenters. The van der Waals surface area contributed by atoms with Gasteiger partial charge in [0.2, 0.25) is 0 Å². The van der Waals surface area contributed by atoms with Gasteiger partial charge >= 0.3 is 0 Å². The van der Waals surface area contributed by atoms with E-state index in [4.69, 9.17) is 11.6 Å². The standard InChI is InChI=1S/C10H7BrClN/c1-6-2-3-7-4-8(12)5-9(11)10(7)13-6/h2-5H,1H3. The van der Waals surface area contributed by atoms with E-state index in [-0.39, 0.29) is 0 Å². The summed E-state index contributed by atoms with van der Waals surface area (Å²) in [6.45, 7) is 1.97. The van der Waals surface area contributed by atoms with E-state index in [0.29, 0.717) is 0 Å². The van der Waals surface area contributed by atoms with Crippen LogP contribution in [0.15, 0.2) is 28.7 Å². The van der Waals surface area contributed by atoms with Gasteiger partial charge in [-0.15, -0.1) is 0 Å². The summed E-state index contributed by atoms with van der Waals surface area (Å²) in [7, 11) is 0. The summed E-state index contributed by atoms with van der Waals surface area (Å²) in [4.78, 5) is 4.41. The van der Waals surface area contributed by atoms with E-state index in [1.807, 2.05) is 31.2 Å². The van der Waals surface area contributed by atoms with Crippen LogP contribution in [0, 0.1) is 6.92 Å². The van der Waals surface area contributed by atoms with Crippen molar-refractivity contribution in [3.05, 3.63) is 39.5 Å². The molecule has 0 fully saturated rings. The number of hydrogen-bond acceptors (Lipinski definition) is 1. The first-order valence-electron chi connectivity index (χ1n) is 3.89. The zero-order valence-electron chi connectivity index (χ0n) is 7.01. The predicted molar refractivity (Wildman–Crippen MR) is 59.2 cm³/mol. The minimum Gasteiger partial charge on any atom is -0.252 e. The fourth-order valence-electron chi connectivity index (χ4n) is 1.25. The second-order valence-electron chi connectivity index (χ2n) is 2.91. The molecule has 0 N–H and O–H groups in total. The lowest BCUT2D eigenvalue weighted by atomic mass is 10.2. The molecule has 1 nitrogen and oxygen atoms in total. The van der Waals surface area contributed by atoms with Crippen molar-refractivity contribution in [1.82, 2.24) is 4.98 Å². The molecular formula is C10H7BrClN. The molecular weight excluding hydrogens is 249 g/mol. The molecule has 0 amide bonds. The fourth-order valence-corrected chi connectivity index (χ4v) is 2.18. The Morgan fingerprint density at radius 2 is 2.08 bits per heavy atom. The SMILES string of the molecule is Cc1ccc2cc(Cl)cc(Br)c2n1. The highest BCUT2D eigenvalue weighted by molar-refractivity contribution is 9.10.